The summed E-state index contributed by atoms with van der Waals surface area (Å²) in [4.78, 5) is 11.5. The van der Waals surface area contributed by atoms with E-state index in [2.05, 4.69) is 10.7 Å². The van der Waals surface area contributed by atoms with Crippen LogP contribution in [0.15, 0.2) is 47.1 Å². The highest BCUT2D eigenvalue weighted by Gasteiger charge is 2.08. The number of carbonyl (C=O) groups is 1. The Bertz CT molecular complexity index is 566. The molecule has 6 heteroatoms. The van der Waals surface area contributed by atoms with Crippen LogP contribution >= 0.6 is 12.2 Å². The molecule has 0 aliphatic carbocycles. The number of hydrazine groups is 1. The van der Waals surface area contributed by atoms with Crippen LogP contribution in [-0.4, -0.2) is 10.9 Å². The molecule has 1 heterocycles. The molecule has 1 amide bonds. The zero-order valence-electron chi connectivity index (χ0n) is 9.34. The quantitative estimate of drug-likeness (QED) is 0.435. The van der Waals surface area contributed by atoms with E-state index < -0.39 is 5.91 Å². The second-order valence-electron chi connectivity index (χ2n) is 3.49. The third-order valence-corrected chi connectivity index (χ3v) is 2.57. The summed E-state index contributed by atoms with van der Waals surface area (Å²) in [6, 6.07) is 10.9. The molecule has 0 radical (unpaired) electrons. The highest BCUT2D eigenvalue weighted by Crippen LogP contribution is 2.22. The second kappa shape index (κ2) is 5.44. The van der Waals surface area contributed by atoms with Gasteiger partial charge in [0.05, 0.1) is 6.26 Å². The maximum absolute atomic E-state index is 11.5. The first-order valence-electron chi connectivity index (χ1n) is 5.16. The molecule has 0 spiro atoms. The van der Waals surface area contributed by atoms with Gasteiger partial charge in [-0.05, 0) is 24.3 Å². The van der Waals surface area contributed by atoms with Gasteiger partial charge in [0.1, 0.15) is 5.76 Å². The topological polar surface area (TPSA) is 80.3 Å². The van der Waals surface area contributed by atoms with Gasteiger partial charge in [0.2, 0.25) is 0 Å². The van der Waals surface area contributed by atoms with Gasteiger partial charge in [-0.1, -0.05) is 24.4 Å². The molecule has 1 aromatic carbocycles. The minimum absolute atomic E-state index is 0.0709. The normalized spacial score (nSPS) is 9.83. The van der Waals surface area contributed by atoms with E-state index in [0.717, 1.165) is 11.3 Å². The number of nitrogens with two attached hydrogens (primary N) is 1. The zero-order valence-corrected chi connectivity index (χ0v) is 10.2. The first-order chi connectivity index (χ1) is 8.70. The van der Waals surface area contributed by atoms with Crippen molar-refractivity contribution in [2.24, 2.45) is 5.84 Å². The number of hydrogen-bond acceptors (Lipinski definition) is 4. The Labute approximate surface area is 109 Å². The largest absolute Gasteiger partial charge is 0.464 e. The van der Waals surface area contributed by atoms with Crippen LogP contribution in [0.5, 0.6) is 0 Å². The number of rotatable bonds is 2. The van der Waals surface area contributed by atoms with Gasteiger partial charge in [-0.15, -0.1) is 0 Å². The Morgan fingerprint density at radius 1 is 1.28 bits per heavy atom. The van der Waals surface area contributed by atoms with Crippen LogP contribution in [0.25, 0.3) is 11.3 Å². The molecule has 0 atom stereocenters. The van der Waals surface area contributed by atoms with Gasteiger partial charge in [-0.25, -0.2) is 5.84 Å². The molecule has 0 aliphatic rings. The highest BCUT2D eigenvalue weighted by atomic mass is 32.1. The molecule has 0 saturated heterocycles. The summed E-state index contributed by atoms with van der Waals surface area (Å²) in [5, 5.41) is 2.63. The fourth-order valence-corrected chi connectivity index (χ4v) is 1.50. The first kappa shape index (κ1) is 12.3. The molecular formula is C12H11N3O2S. The van der Waals surface area contributed by atoms with Crippen molar-refractivity contribution in [1.29, 1.82) is 0 Å². The molecule has 0 aliphatic heterocycles. The molecule has 4 N–H and O–H groups in total. The Balaban J connectivity index is 2.18. The van der Waals surface area contributed by atoms with Gasteiger partial charge in [0.25, 0.3) is 5.91 Å². The monoisotopic (exact) mass is 261 g/mol. The van der Waals surface area contributed by atoms with Crippen molar-refractivity contribution in [3.05, 3.63) is 42.7 Å². The van der Waals surface area contributed by atoms with Gasteiger partial charge in [-0.3, -0.25) is 4.79 Å². The molecule has 1 aromatic heterocycles. The molecule has 5 nitrogen and oxygen atoms in total. The minimum atomic E-state index is -0.455. The van der Waals surface area contributed by atoms with Crippen LogP contribution < -0.4 is 16.6 Å². The third kappa shape index (κ3) is 2.73. The number of carbonyl (C=O) groups excluding carboxylic acids is 1. The van der Waals surface area contributed by atoms with Crippen LogP contribution in [0.2, 0.25) is 0 Å². The number of thiocarbonyl (C=S) groups is 1. The number of anilines is 1. The molecule has 92 valence electrons. The molecule has 18 heavy (non-hydrogen) atoms. The molecule has 0 fully saturated rings. The van der Waals surface area contributed by atoms with Crippen molar-refractivity contribution >= 4 is 28.8 Å². The summed E-state index contributed by atoms with van der Waals surface area (Å²) in [5.74, 6) is 5.34. The summed E-state index contributed by atoms with van der Waals surface area (Å²) in [6.45, 7) is 0. The maximum atomic E-state index is 11.5. The molecule has 2 rings (SSSR count). The van der Waals surface area contributed by atoms with Crippen LogP contribution in [0.3, 0.4) is 0 Å². The number of nitrogens with one attached hydrogen (secondary N) is 2. The van der Waals surface area contributed by atoms with Gasteiger partial charge < -0.3 is 15.2 Å². The van der Waals surface area contributed by atoms with E-state index in [1.165, 1.54) is 0 Å². The molecular weight excluding hydrogens is 250 g/mol. The van der Waals surface area contributed by atoms with Crippen LogP contribution in [0, 0.1) is 0 Å². The molecule has 0 bridgehead atoms. The summed E-state index contributed by atoms with van der Waals surface area (Å²) in [6.07, 6.45) is 1.59. The van der Waals surface area contributed by atoms with Gasteiger partial charge >= 0.3 is 0 Å². The standard InChI is InChI=1S/C12H11N3O2S/c13-15-12(18)11(16)14-9-4-1-3-8(7-9)10-5-2-6-17-10/h1-7H,13H2,(H,14,16)(H,15,18). The van der Waals surface area contributed by atoms with Crippen LogP contribution in [-0.2, 0) is 4.79 Å². The molecule has 2 aromatic rings. The highest BCUT2D eigenvalue weighted by molar-refractivity contribution is 7.82. The predicted octanol–water partition coefficient (Wildman–Crippen LogP) is 1.68. The van der Waals surface area contributed by atoms with Crippen molar-refractivity contribution in [3.8, 4) is 11.3 Å². The number of amides is 1. The van der Waals surface area contributed by atoms with Gasteiger partial charge in [-0.2, -0.15) is 0 Å². The third-order valence-electron chi connectivity index (χ3n) is 2.26. The zero-order chi connectivity index (χ0) is 13.0. The lowest BCUT2D eigenvalue weighted by Crippen LogP contribution is -2.38. The Morgan fingerprint density at radius 3 is 2.78 bits per heavy atom. The second-order valence-corrected chi connectivity index (χ2v) is 3.89. The van der Waals surface area contributed by atoms with E-state index in [1.54, 1.807) is 24.5 Å². The van der Waals surface area contributed by atoms with Gasteiger partial charge in [0.15, 0.2) is 4.99 Å². The lowest BCUT2D eigenvalue weighted by molar-refractivity contribution is -0.110. The Morgan fingerprint density at radius 2 is 2.11 bits per heavy atom. The summed E-state index contributed by atoms with van der Waals surface area (Å²) >= 11 is 4.72. The van der Waals surface area contributed by atoms with Crippen molar-refractivity contribution in [2.75, 3.05) is 5.32 Å². The fraction of sp³-hybridized carbons (Fsp3) is 0. The van der Waals surface area contributed by atoms with E-state index in [-0.39, 0.29) is 4.99 Å². The summed E-state index contributed by atoms with van der Waals surface area (Å²) < 4.78 is 5.28. The fourth-order valence-electron chi connectivity index (χ4n) is 1.45. The van der Waals surface area contributed by atoms with E-state index in [9.17, 15) is 4.79 Å². The van der Waals surface area contributed by atoms with E-state index >= 15 is 0 Å². The lowest BCUT2D eigenvalue weighted by Gasteiger charge is -2.06. The first-order valence-corrected chi connectivity index (χ1v) is 5.57. The maximum Gasteiger partial charge on any atom is 0.284 e. The average Bonchev–Trinajstić information content (AvgIpc) is 2.92. The lowest BCUT2D eigenvalue weighted by atomic mass is 10.1. The predicted molar refractivity (Wildman–Crippen MR) is 72.7 cm³/mol. The van der Waals surface area contributed by atoms with Crippen molar-refractivity contribution in [2.45, 2.75) is 0 Å². The van der Waals surface area contributed by atoms with E-state index in [0.29, 0.717) is 5.69 Å². The molecule has 0 saturated carbocycles. The number of hydrogen-bond donors (Lipinski definition) is 3. The minimum Gasteiger partial charge on any atom is -0.464 e. The Kier molecular flexibility index (Phi) is 3.71. The van der Waals surface area contributed by atoms with Gasteiger partial charge in [0, 0.05) is 11.3 Å². The van der Waals surface area contributed by atoms with Crippen LogP contribution in [0.1, 0.15) is 0 Å². The SMILES string of the molecule is NNC(=S)C(=O)Nc1cccc(-c2ccco2)c1. The van der Waals surface area contributed by atoms with Crippen molar-refractivity contribution < 1.29 is 9.21 Å². The van der Waals surface area contributed by atoms with E-state index in [4.69, 9.17) is 22.5 Å². The average molecular weight is 261 g/mol. The molecule has 0 unspecified atom stereocenters. The number of benzene rings is 1. The van der Waals surface area contributed by atoms with Crippen molar-refractivity contribution in [1.82, 2.24) is 5.43 Å². The van der Waals surface area contributed by atoms with Crippen molar-refractivity contribution in [3.63, 3.8) is 0 Å². The summed E-state index contributed by atoms with van der Waals surface area (Å²) in [5.41, 5.74) is 3.61. The number of furan rings is 1. The smallest absolute Gasteiger partial charge is 0.284 e. The van der Waals surface area contributed by atoms with Crippen LogP contribution in [0.4, 0.5) is 5.69 Å². The Hall–Kier alpha value is -2.18. The summed E-state index contributed by atoms with van der Waals surface area (Å²) in [7, 11) is 0. The van der Waals surface area contributed by atoms with E-state index in [1.807, 2.05) is 18.2 Å².